The Morgan fingerprint density at radius 1 is 1.22 bits per heavy atom. The van der Waals surface area contributed by atoms with Gasteiger partial charge in [-0.25, -0.2) is 0 Å². The van der Waals surface area contributed by atoms with Crippen molar-refractivity contribution < 1.29 is 4.74 Å². The molecule has 1 N–H and O–H groups in total. The quantitative estimate of drug-likeness (QED) is 0.625. The zero-order valence-electron chi connectivity index (χ0n) is 12.7. The summed E-state index contributed by atoms with van der Waals surface area (Å²) >= 11 is 0. The van der Waals surface area contributed by atoms with Gasteiger partial charge >= 0.3 is 0 Å². The van der Waals surface area contributed by atoms with Crippen LogP contribution in [0.15, 0.2) is 0 Å². The Morgan fingerprint density at radius 3 is 2.72 bits per heavy atom. The molecule has 108 valence electrons. The molecule has 0 aromatic rings. The molecule has 3 atom stereocenters. The van der Waals surface area contributed by atoms with Crippen molar-refractivity contribution in [3.63, 3.8) is 0 Å². The molecule has 0 aliphatic heterocycles. The smallest absolute Gasteiger partial charge is 0.0601 e. The largest absolute Gasteiger partial charge is 0.377 e. The molecule has 0 aromatic heterocycles. The number of hydrogen-bond acceptors (Lipinski definition) is 2. The van der Waals surface area contributed by atoms with Gasteiger partial charge in [-0.15, -0.1) is 0 Å². The molecule has 0 spiro atoms. The first-order chi connectivity index (χ1) is 8.74. The monoisotopic (exact) mass is 255 g/mol. The van der Waals surface area contributed by atoms with Gasteiger partial charge in [0.15, 0.2) is 0 Å². The normalized spacial score (nSPS) is 26.2. The summed E-state index contributed by atoms with van der Waals surface area (Å²) < 4.78 is 6.01. The number of ether oxygens (including phenoxy) is 1. The highest BCUT2D eigenvalue weighted by molar-refractivity contribution is 4.72. The molecule has 18 heavy (non-hydrogen) atoms. The van der Waals surface area contributed by atoms with Gasteiger partial charge in [0, 0.05) is 12.6 Å². The van der Waals surface area contributed by atoms with E-state index in [2.05, 4.69) is 26.1 Å². The highest BCUT2D eigenvalue weighted by Gasteiger charge is 2.21. The van der Waals surface area contributed by atoms with Crippen LogP contribution in [0.4, 0.5) is 0 Å². The van der Waals surface area contributed by atoms with Crippen LogP contribution in [0.5, 0.6) is 0 Å². The summed E-state index contributed by atoms with van der Waals surface area (Å²) in [6, 6.07) is 0.643. The standard InChI is InChI=1S/C16H33NO/c1-4-5-6-10-15(3)17-12-13-18-16-11-8-7-9-14(16)2/h14-17H,4-13H2,1-3H3. The van der Waals surface area contributed by atoms with E-state index in [1.54, 1.807) is 0 Å². The third-order valence-electron chi connectivity index (χ3n) is 4.20. The van der Waals surface area contributed by atoms with Crippen LogP contribution in [0.25, 0.3) is 0 Å². The van der Waals surface area contributed by atoms with Crippen molar-refractivity contribution in [1.82, 2.24) is 5.32 Å². The zero-order chi connectivity index (χ0) is 13.2. The molecule has 0 aromatic carbocycles. The van der Waals surface area contributed by atoms with Crippen LogP contribution >= 0.6 is 0 Å². The van der Waals surface area contributed by atoms with Gasteiger partial charge in [-0.05, 0) is 32.1 Å². The van der Waals surface area contributed by atoms with E-state index in [1.165, 1.54) is 51.4 Å². The second-order valence-electron chi connectivity index (χ2n) is 6.02. The number of nitrogens with one attached hydrogen (secondary N) is 1. The van der Waals surface area contributed by atoms with E-state index in [0.29, 0.717) is 12.1 Å². The Kier molecular flexibility index (Phi) is 8.70. The van der Waals surface area contributed by atoms with Crippen LogP contribution in [-0.2, 0) is 4.74 Å². The topological polar surface area (TPSA) is 21.3 Å². The SMILES string of the molecule is CCCCCC(C)NCCOC1CCCCC1C. The van der Waals surface area contributed by atoms with Gasteiger partial charge in [-0.3, -0.25) is 0 Å². The molecule has 2 nitrogen and oxygen atoms in total. The highest BCUT2D eigenvalue weighted by atomic mass is 16.5. The molecule has 1 saturated carbocycles. The molecule has 1 rings (SSSR count). The lowest BCUT2D eigenvalue weighted by atomic mass is 9.88. The third kappa shape index (κ3) is 6.75. The zero-order valence-corrected chi connectivity index (χ0v) is 12.7. The Morgan fingerprint density at radius 2 is 2.00 bits per heavy atom. The Hall–Kier alpha value is -0.0800. The number of hydrogen-bond donors (Lipinski definition) is 1. The summed E-state index contributed by atoms with van der Waals surface area (Å²) in [5.74, 6) is 0.765. The van der Waals surface area contributed by atoms with E-state index in [1.807, 2.05) is 0 Å². The molecule has 3 unspecified atom stereocenters. The number of unbranched alkanes of at least 4 members (excludes halogenated alkanes) is 2. The lowest BCUT2D eigenvalue weighted by Crippen LogP contribution is -2.32. The van der Waals surface area contributed by atoms with Crippen molar-refractivity contribution in [3.05, 3.63) is 0 Å². The molecule has 0 heterocycles. The second kappa shape index (κ2) is 9.80. The summed E-state index contributed by atoms with van der Waals surface area (Å²) in [6.07, 6.45) is 11.2. The lowest BCUT2D eigenvalue weighted by Gasteiger charge is -2.29. The van der Waals surface area contributed by atoms with Gasteiger partial charge in [-0.1, -0.05) is 46.0 Å². The van der Waals surface area contributed by atoms with Crippen molar-refractivity contribution in [2.45, 2.75) is 84.3 Å². The van der Waals surface area contributed by atoms with Gasteiger partial charge in [0.25, 0.3) is 0 Å². The second-order valence-corrected chi connectivity index (χ2v) is 6.02. The summed E-state index contributed by atoms with van der Waals surface area (Å²) in [5.41, 5.74) is 0. The van der Waals surface area contributed by atoms with Gasteiger partial charge in [0.2, 0.25) is 0 Å². The van der Waals surface area contributed by atoms with Crippen LogP contribution in [-0.4, -0.2) is 25.3 Å². The van der Waals surface area contributed by atoms with Crippen molar-refractivity contribution >= 4 is 0 Å². The molecule has 0 radical (unpaired) electrons. The summed E-state index contributed by atoms with van der Waals surface area (Å²) in [6.45, 7) is 8.78. The van der Waals surface area contributed by atoms with Crippen molar-refractivity contribution in [2.24, 2.45) is 5.92 Å². The van der Waals surface area contributed by atoms with Gasteiger partial charge in [-0.2, -0.15) is 0 Å². The van der Waals surface area contributed by atoms with Crippen molar-refractivity contribution in [1.29, 1.82) is 0 Å². The molecule has 2 heteroatoms. The summed E-state index contributed by atoms with van der Waals surface area (Å²) in [7, 11) is 0. The van der Waals surface area contributed by atoms with E-state index < -0.39 is 0 Å². The fourth-order valence-electron chi connectivity index (χ4n) is 2.85. The molecule has 1 aliphatic carbocycles. The highest BCUT2D eigenvalue weighted by Crippen LogP contribution is 2.25. The van der Waals surface area contributed by atoms with Crippen LogP contribution < -0.4 is 5.32 Å². The average Bonchev–Trinajstić information content (AvgIpc) is 2.37. The van der Waals surface area contributed by atoms with E-state index >= 15 is 0 Å². The minimum Gasteiger partial charge on any atom is -0.377 e. The maximum Gasteiger partial charge on any atom is 0.0601 e. The predicted octanol–water partition coefficient (Wildman–Crippen LogP) is 4.14. The van der Waals surface area contributed by atoms with E-state index in [4.69, 9.17) is 4.74 Å². The van der Waals surface area contributed by atoms with Gasteiger partial charge in [0.05, 0.1) is 12.7 Å². The molecule has 1 fully saturated rings. The minimum absolute atomic E-state index is 0.524. The van der Waals surface area contributed by atoms with Crippen LogP contribution in [0.1, 0.15) is 72.1 Å². The average molecular weight is 255 g/mol. The Balaban J connectivity index is 1.96. The molecular weight excluding hydrogens is 222 g/mol. The Bertz CT molecular complexity index is 196. The first-order valence-corrected chi connectivity index (χ1v) is 8.09. The fraction of sp³-hybridized carbons (Fsp3) is 1.00. The number of rotatable bonds is 9. The van der Waals surface area contributed by atoms with Crippen molar-refractivity contribution in [2.75, 3.05) is 13.2 Å². The minimum atomic E-state index is 0.524. The first kappa shape index (κ1) is 16.0. The third-order valence-corrected chi connectivity index (χ3v) is 4.20. The molecule has 0 amide bonds. The van der Waals surface area contributed by atoms with Crippen LogP contribution in [0, 0.1) is 5.92 Å². The van der Waals surface area contributed by atoms with Crippen LogP contribution in [0.2, 0.25) is 0 Å². The first-order valence-electron chi connectivity index (χ1n) is 8.09. The van der Waals surface area contributed by atoms with E-state index in [9.17, 15) is 0 Å². The fourth-order valence-corrected chi connectivity index (χ4v) is 2.85. The summed E-state index contributed by atoms with van der Waals surface area (Å²) in [5, 5.41) is 3.57. The van der Waals surface area contributed by atoms with Crippen molar-refractivity contribution in [3.8, 4) is 0 Å². The predicted molar refractivity (Wildman–Crippen MR) is 79.0 cm³/mol. The Labute approximate surface area is 114 Å². The summed E-state index contributed by atoms with van der Waals surface area (Å²) in [4.78, 5) is 0. The maximum atomic E-state index is 6.01. The molecule has 1 aliphatic rings. The van der Waals surface area contributed by atoms with E-state index in [-0.39, 0.29) is 0 Å². The molecule has 0 saturated heterocycles. The van der Waals surface area contributed by atoms with Gasteiger partial charge in [0.1, 0.15) is 0 Å². The molecular formula is C16H33NO. The maximum absolute atomic E-state index is 6.01. The lowest BCUT2D eigenvalue weighted by molar-refractivity contribution is -0.00378. The van der Waals surface area contributed by atoms with Gasteiger partial charge < -0.3 is 10.1 Å². The van der Waals surface area contributed by atoms with Crippen LogP contribution in [0.3, 0.4) is 0 Å². The molecule has 0 bridgehead atoms. The van der Waals surface area contributed by atoms with E-state index in [0.717, 1.165) is 19.1 Å².